The number of ether oxygens (including phenoxy) is 1. The van der Waals surface area contributed by atoms with Crippen molar-refractivity contribution in [2.24, 2.45) is 0 Å². The predicted molar refractivity (Wildman–Crippen MR) is 109 cm³/mol. The number of thiophene rings is 1. The highest BCUT2D eigenvalue weighted by molar-refractivity contribution is 7.18. The number of rotatable bonds is 3. The van der Waals surface area contributed by atoms with E-state index in [1.54, 1.807) is 11.3 Å². The number of hydrogen-bond donors (Lipinski definition) is 1. The summed E-state index contributed by atoms with van der Waals surface area (Å²) in [5, 5.41) is 10.6. The van der Waals surface area contributed by atoms with E-state index in [-0.39, 0.29) is 11.7 Å². The third-order valence-corrected chi connectivity index (χ3v) is 6.43. The molecule has 0 radical (unpaired) electrons. The molecular formula is C20H20N4O2S. The molecule has 0 saturated carbocycles. The molecule has 0 spiro atoms. The van der Waals surface area contributed by atoms with Crippen LogP contribution in [-0.4, -0.2) is 33.9 Å². The number of anilines is 1. The summed E-state index contributed by atoms with van der Waals surface area (Å²) in [5.41, 5.74) is 1.49. The Bertz CT molecular complexity index is 1240. The maximum absolute atomic E-state index is 13.2. The first-order chi connectivity index (χ1) is 13.1. The summed E-state index contributed by atoms with van der Waals surface area (Å²) in [6, 6.07) is 7.96. The molecule has 1 N–H and O–H groups in total. The Morgan fingerprint density at radius 1 is 1.30 bits per heavy atom. The quantitative estimate of drug-likeness (QED) is 0.549. The third kappa shape index (κ3) is 2.61. The minimum Gasteiger partial charge on any atom is -0.376 e. The molecule has 138 valence electrons. The van der Waals surface area contributed by atoms with E-state index in [1.807, 2.05) is 38.1 Å². The molecule has 6 nitrogen and oxygen atoms in total. The lowest BCUT2D eigenvalue weighted by molar-refractivity contribution is 0.120. The first kappa shape index (κ1) is 16.6. The topological polar surface area (TPSA) is 68.5 Å². The molecule has 1 aliphatic rings. The summed E-state index contributed by atoms with van der Waals surface area (Å²) in [4.78, 5) is 19.9. The van der Waals surface area contributed by atoms with E-state index in [0.717, 1.165) is 45.5 Å². The maximum atomic E-state index is 13.2. The van der Waals surface area contributed by atoms with Crippen LogP contribution in [-0.2, 0) is 4.74 Å². The predicted octanol–water partition coefficient (Wildman–Crippen LogP) is 3.67. The van der Waals surface area contributed by atoms with Gasteiger partial charge in [-0.15, -0.1) is 16.4 Å². The Balaban J connectivity index is 1.76. The van der Waals surface area contributed by atoms with Crippen LogP contribution in [0.25, 0.3) is 26.6 Å². The average Bonchev–Trinajstić information content (AvgIpc) is 3.29. The van der Waals surface area contributed by atoms with Crippen molar-refractivity contribution in [1.29, 1.82) is 0 Å². The fourth-order valence-corrected chi connectivity index (χ4v) is 4.76. The summed E-state index contributed by atoms with van der Waals surface area (Å²) in [6.07, 6.45) is 2.34. The van der Waals surface area contributed by atoms with Crippen molar-refractivity contribution in [1.82, 2.24) is 14.6 Å². The van der Waals surface area contributed by atoms with Crippen molar-refractivity contribution in [3.8, 4) is 0 Å². The van der Waals surface area contributed by atoms with Crippen LogP contribution >= 0.6 is 11.3 Å². The summed E-state index contributed by atoms with van der Waals surface area (Å²) in [6.45, 7) is 5.50. The van der Waals surface area contributed by atoms with Crippen molar-refractivity contribution in [3.63, 3.8) is 0 Å². The monoisotopic (exact) mass is 380 g/mol. The van der Waals surface area contributed by atoms with Crippen molar-refractivity contribution in [2.75, 3.05) is 18.5 Å². The Labute approximate surface area is 159 Å². The fourth-order valence-electron chi connectivity index (χ4n) is 3.74. The van der Waals surface area contributed by atoms with Gasteiger partial charge in [-0.05, 0) is 32.3 Å². The normalized spacial score (nSPS) is 17.3. The van der Waals surface area contributed by atoms with Gasteiger partial charge in [-0.1, -0.05) is 24.3 Å². The summed E-state index contributed by atoms with van der Waals surface area (Å²) >= 11 is 1.56. The van der Waals surface area contributed by atoms with Crippen LogP contribution in [0.2, 0.25) is 0 Å². The van der Waals surface area contributed by atoms with E-state index in [2.05, 4.69) is 10.4 Å². The van der Waals surface area contributed by atoms with Crippen molar-refractivity contribution in [2.45, 2.75) is 32.8 Å². The Morgan fingerprint density at radius 2 is 2.11 bits per heavy atom. The van der Waals surface area contributed by atoms with Crippen LogP contribution in [0.3, 0.4) is 0 Å². The number of fused-ring (bicyclic) bond motifs is 4. The van der Waals surface area contributed by atoms with Gasteiger partial charge in [-0.3, -0.25) is 4.79 Å². The van der Waals surface area contributed by atoms with Gasteiger partial charge in [-0.25, -0.2) is 4.98 Å². The molecule has 4 aromatic rings. The van der Waals surface area contributed by atoms with E-state index in [1.165, 1.54) is 4.52 Å². The summed E-state index contributed by atoms with van der Waals surface area (Å²) in [5.74, 6) is 0.696. The van der Waals surface area contributed by atoms with Crippen LogP contribution in [0.5, 0.6) is 0 Å². The van der Waals surface area contributed by atoms with Crippen LogP contribution < -0.4 is 10.9 Å². The molecule has 3 aromatic heterocycles. The highest BCUT2D eigenvalue weighted by atomic mass is 32.1. The lowest BCUT2D eigenvalue weighted by Gasteiger charge is -2.14. The van der Waals surface area contributed by atoms with Gasteiger partial charge in [-0.2, -0.15) is 4.52 Å². The van der Waals surface area contributed by atoms with Crippen molar-refractivity contribution in [3.05, 3.63) is 45.1 Å². The SMILES string of the molecule is Cc1sc2nc3c4ccccc4c(NC[C@H]4CCCO4)nn3c(=O)c2c1C. The average molecular weight is 380 g/mol. The molecule has 1 fully saturated rings. The Hall–Kier alpha value is -2.51. The smallest absolute Gasteiger partial charge is 0.283 e. The van der Waals surface area contributed by atoms with Crippen molar-refractivity contribution >= 4 is 43.8 Å². The molecule has 0 amide bonds. The summed E-state index contributed by atoms with van der Waals surface area (Å²) in [7, 11) is 0. The Morgan fingerprint density at radius 3 is 2.89 bits per heavy atom. The van der Waals surface area contributed by atoms with Gasteiger partial charge >= 0.3 is 0 Å². The largest absolute Gasteiger partial charge is 0.376 e. The lowest BCUT2D eigenvalue weighted by atomic mass is 10.1. The molecule has 27 heavy (non-hydrogen) atoms. The van der Waals surface area contributed by atoms with E-state index >= 15 is 0 Å². The van der Waals surface area contributed by atoms with Gasteiger partial charge in [0.25, 0.3) is 5.56 Å². The molecule has 1 aliphatic heterocycles. The molecule has 1 aromatic carbocycles. The van der Waals surface area contributed by atoms with E-state index < -0.39 is 0 Å². The highest BCUT2D eigenvalue weighted by Crippen LogP contribution is 2.29. The molecule has 0 unspecified atom stereocenters. The number of hydrogen-bond acceptors (Lipinski definition) is 6. The van der Waals surface area contributed by atoms with Crippen LogP contribution in [0.4, 0.5) is 5.82 Å². The van der Waals surface area contributed by atoms with Gasteiger partial charge in [0.15, 0.2) is 11.5 Å². The van der Waals surface area contributed by atoms with Gasteiger partial charge in [0, 0.05) is 28.8 Å². The van der Waals surface area contributed by atoms with E-state index in [0.29, 0.717) is 23.4 Å². The zero-order valence-corrected chi connectivity index (χ0v) is 16.1. The van der Waals surface area contributed by atoms with Gasteiger partial charge in [0.1, 0.15) is 4.83 Å². The number of aromatic nitrogens is 3. The molecule has 0 aliphatic carbocycles. The van der Waals surface area contributed by atoms with Gasteiger partial charge in [0.2, 0.25) is 0 Å². The molecule has 1 saturated heterocycles. The van der Waals surface area contributed by atoms with E-state index in [4.69, 9.17) is 9.72 Å². The number of benzene rings is 1. The Kier molecular flexibility index (Phi) is 3.87. The third-order valence-electron chi connectivity index (χ3n) is 5.33. The summed E-state index contributed by atoms with van der Waals surface area (Å²) < 4.78 is 7.15. The molecule has 4 heterocycles. The molecular weight excluding hydrogens is 360 g/mol. The molecule has 0 bridgehead atoms. The highest BCUT2D eigenvalue weighted by Gasteiger charge is 2.19. The minimum absolute atomic E-state index is 0.109. The molecule has 5 rings (SSSR count). The van der Waals surface area contributed by atoms with Gasteiger partial charge < -0.3 is 10.1 Å². The fraction of sp³-hybridized carbons (Fsp3) is 0.350. The first-order valence-corrected chi connectivity index (χ1v) is 10.0. The second-order valence-electron chi connectivity index (χ2n) is 7.03. The lowest BCUT2D eigenvalue weighted by Crippen LogP contribution is -2.23. The minimum atomic E-state index is -0.109. The second-order valence-corrected chi connectivity index (χ2v) is 8.23. The number of nitrogens with zero attached hydrogens (tertiary/aromatic N) is 3. The number of aryl methyl sites for hydroxylation is 2. The van der Waals surface area contributed by atoms with Crippen LogP contribution in [0.1, 0.15) is 23.3 Å². The standard InChI is InChI=1S/C20H20N4O2S/c1-11-12(2)27-19-16(11)20(25)24-18(22-19)15-8-4-3-7-14(15)17(23-24)21-10-13-6-5-9-26-13/h3-4,7-8,13H,5-6,9-10H2,1-2H3,(H,21,23)/t13-/m1/s1. The van der Waals surface area contributed by atoms with E-state index in [9.17, 15) is 4.79 Å². The molecule has 1 atom stereocenters. The zero-order chi connectivity index (χ0) is 18.5. The van der Waals surface area contributed by atoms with Crippen molar-refractivity contribution < 1.29 is 4.74 Å². The second kappa shape index (κ2) is 6.28. The molecule has 7 heteroatoms. The maximum Gasteiger partial charge on any atom is 0.283 e. The van der Waals surface area contributed by atoms with Crippen LogP contribution in [0.15, 0.2) is 29.1 Å². The van der Waals surface area contributed by atoms with Crippen LogP contribution in [0, 0.1) is 13.8 Å². The van der Waals surface area contributed by atoms with Gasteiger partial charge in [0.05, 0.1) is 11.5 Å². The zero-order valence-electron chi connectivity index (χ0n) is 15.3. The number of nitrogens with one attached hydrogen (secondary N) is 1. The first-order valence-electron chi connectivity index (χ1n) is 9.20.